The number of rotatable bonds is 9. The Morgan fingerprint density at radius 1 is 1.19 bits per heavy atom. The first-order chi connectivity index (χ1) is 15.1. The summed E-state index contributed by atoms with van der Waals surface area (Å²) in [5, 5.41) is 15.9. The normalized spacial score (nSPS) is 13.3. The summed E-state index contributed by atoms with van der Waals surface area (Å²) in [5.74, 6) is 0.763. The molecule has 8 nitrogen and oxygen atoms in total. The number of imidazole rings is 1. The molecule has 0 atom stereocenters. The molecular formula is C23H32N8. The van der Waals surface area contributed by atoms with E-state index in [1.165, 1.54) is 23.9 Å². The highest BCUT2D eigenvalue weighted by atomic mass is 15.3. The first-order valence-corrected chi connectivity index (χ1v) is 11.1. The molecule has 0 aliphatic carbocycles. The highest BCUT2D eigenvalue weighted by Gasteiger charge is 2.25. The van der Waals surface area contributed by atoms with Crippen LogP contribution in [0.4, 0.5) is 11.5 Å². The predicted octanol–water partition coefficient (Wildman–Crippen LogP) is 3.56. The van der Waals surface area contributed by atoms with Gasteiger partial charge in [-0.15, -0.1) is 0 Å². The number of nitrogens with one attached hydrogen (secondary N) is 2. The van der Waals surface area contributed by atoms with Gasteiger partial charge in [0, 0.05) is 75.2 Å². The zero-order valence-electron chi connectivity index (χ0n) is 18.7. The number of hydrogen-bond acceptors (Lipinski definition) is 6. The largest absolute Gasteiger partial charge is 0.373 e. The van der Waals surface area contributed by atoms with Crippen molar-refractivity contribution in [3.8, 4) is 0 Å². The van der Waals surface area contributed by atoms with Gasteiger partial charge in [-0.05, 0) is 39.2 Å². The lowest BCUT2D eigenvalue weighted by molar-refractivity contribution is 0.501. The lowest BCUT2D eigenvalue weighted by Gasteiger charge is -2.31. The number of aryl methyl sites for hydroxylation is 4. The van der Waals surface area contributed by atoms with Crippen LogP contribution in [0.1, 0.15) is 47.5 Å². The zero-order chi connectivity index (χ0) is 21.8. The fourth-order valence-corrected chi connectivity index (χ4v) is 4.47. The summed E-state index contributed by atoms with van der Waals surface area (Å²) < 4.78 is 4.37. The summed E-state index contributed by atoms with van der Waals surface area (Å²) in [6.07, 6.45) is 11.6. The third kappa shape index (κ3) is 4.47. The summed E-state index contributed by atoms with van der Waals surface area (Å²) in [4.78, 5) is 11.0. The predicted molar refractivity (Wildman–Crippen MR) is 124 cm³/mol. The quantitative estimate of drug-likeness (QED) is 0.408. The molecule has 31 heavy (non-hydrogen) atoms. The molecule has 4 heterocycles. The summed E-state index contributed by atoms with van der Waals surface area (Å²) in [6.45, 7) is 7.88. The molecule has 0 amide bonds. The average Bonchev–Trinajstić information content (AvgIpc) is 3.40. The molecule has 2 N–H and O–H groups in total. The van der Waals surface area contributed by atoms with Crippen LogP contribution in [0.5, 0.6) is 0 Å². The topological polar surface area (TPSA) is 87.7 Å². The molecule has 4 rings (SSSR count). The summed E-state index contributed by atoms with van der Waals surface area (Å²) >= 11 is 0. The van der Waals surface area contributed by atoms with Gasteiger partial charge in [-0.2, -0.15) is 5.10 Å². The van der Waals surface area contributed by atoms with Crippen molar-refractivity contribution >= 4 is 17.7 Å². The Balaban J connectivity index is 1.43. The standard InChI is InChI=1S/C23H32N8/c1-17-13-22(19(14-24)23(25-3)27-17)30-11-7-21-20(15-30)18(2)28-31(21)10-6-4-5-9-29-12-8-26-16-29/h8,12-14,16,24H,4-7,9-11,15H2,1-3H3,(H,25,27). The lowest BCUT2D eigenvalue weighted by atomic mass is 10.0. The lowest BCUT2D eigenvalue weighted by Crippen LogP contribution is -2.32. The maximum atomic E-state index is 7.91. The van der Waals surface area contributed by atoms with Crippen LogP contribution in [0.2, 0.25) is 0 Å². The molecule has 3 aromatic heterocycles. The smallest absolute Gasteiger partial charge is 0.136 e. The van der Waals surface area contributed by atoms with Gasteiger partial charge in [0.1, 0.15) is 5.82 Å². The SMILES string of the molecule is CNc1nc(C)cc(N2CCc3c(c(C)nn3CCCCCn3ccnc3)C2)c1C=N. The Morgan fingerprint density at radius 2 is 2.03 bits per heavy atom. The van der Waals surface area contributed by atoms with Crippen molar-refractivity contribution in [2.75, 3.05) is 23.8 Å². The number of pyridine rings is 1. The van der Waals surface area contributed by atoms with Gasteiger partial charge >= 0.3 is 0 Å². The molecule has 0 bridgehead atoms. The van der Waals surface area contributed by atoms with E-state index in [-0.39, 0.29) is 0 Å². The molecule has 8 heteroatoms. The number of hydrogen-bond donors (Lipinski definition) is 2. The average molecular weight is 421 g/mol. The molecule has 0 spiro atoms. The molecule has 0 aromatic carbocycles. The van der Waals surface area contributed by atoms with Crippen LogP contribution in [-0.4, -0.2) is 44.1 Å². The van der Waals surface area contributed by atoms with E-state index in [0.717, 1.165) is 73.9 Å². The van der Waals surface area contributed by atoms with E-state index in [1.54, 1.807) is 0 Å². The molecular weight excluding hydrogens is 388 g/mol. The van der Waals surface area contributed by atoms with E-state index >= 15 is 0 Å². The Kier molecular flexibility index (Phi) is 6.34. The Bertz CT molecular complexity index is 1030. The molecule has 1 aliphatic heterocycles. The van der Waals surface area contributed by atoms with Crippen molar-refractivity contribution in [1.29, 1.82) is 5.41 Å². The third-order valence-electron chi connectivity index (χ3n) is 6.07. The second-order valence-corrected chi connectivity index (χ2v) is 8.21. The van der Waals surface area contributed by atoms with E-state index < -0.39 is 0 Å². The van der Waals surface area contributed by atoms with E-state index in [0.29, 0.717) is 0 Å². The van der Waals surface area contributed by atoms with Gasteiger partial charge in [-0.1, -0.05) is 0 Å². The summed E-state index contributed by atoms with van der Waals surface area (Å²) in [6, 6.07) is 2.09. The molecule has 164 valence electrons. The monoisotopic (exact) mass is 420 g/mol. The second-order valence-electron chi connectivity index (χ2n) is 8.21. The number of anilines is 2. The minimum atomic E-state index is 0.763. The maximum absolute atomic E-state index is 7.91. The molecule has 0 fully saturated rings. The first-order valence-electron chi connectivity index (χ1n) is 11.1. The van der Waals surface area contributed by atoms with Gasteiger partial charge in [0.05, 0.1) is 23.3 Å². The number of nitrogens with zero attached hydrogens (tertiary/aromatic N) is 6. The molecule has 0 radical (unpaired) electrons. The summed E-state index contributed by atoms with van der Waals surface area (Å²) in [7, 11) is 1.86. The maximum Gasteiger partial charge on any atom is 0.136 e. The van der Waals surface area contributed by atoms with Crippen molar-refractivity contribution in [2.24, 2.45) is 0 Å². The van der Waals surface area contributed by atoms with Crippen LogP contribution in [0.25, 0.3) is 0 Å². The van der Waals surface area contributed by atoms with Crippen molar-refractivity contribution in [3.63, 3.8) is 0 Å². The Labute approximate surface area is 183 Å². The minimum Gasteiger partial charge on any atom is -0.373 e. The molecule has 1 aliphatic rings. The van der Waals surface area contributed by atoms with Gasteiger partial charge in [0.2, 0.25) is 0 Å². The first kappa shape index (κ1) is 21.1. The van der Waals surface area contributed by atoms with E-state index in [1.807, 2.05) is 32.7 Å². The van der Waals surface area contributed by atoms with Gasteiger partial charge in [0.15, 0.2) is 0 Å². The minimum absolute atomic E-state index is 0.763. The molecule has 0 saturated heterocycles. The highest BCUT2D eigenvalue weighted by molar-refractivity contribution is 5.92. The number of fused-ring (bicyclic) bond motifs is 1. The number of unbranched alkanes of at least 4 members (excludes halogenated alkanes) is 2. The van der Waals surface area contributed by atoms with Crippen LogP contribution in [0.3, 0.4) is 0 Å². The van der Waals surface area contributed by atoms with Gasteiger partial charge < -0.3 is 20.2 Å². The van der Waals surface area contributed by atoms with Crippen LogP contribution in [-0.2, 0) is 26.1 Å². The Hall–Kier alpha value is -3.16. The van der Waals surface area contributed by atoms with Crippen LogP contribution >= 0.6 is 0 Å². The van der Waals surface area contributed by atoms with Crippen molar-refractivity contribution < 1.29 is 0 Å². The van der Waals surface area contributed by atoms with E-state index in [2.05, 4.69) is 42.4 Å². The van der Waals surface area contributed by atoms with Gasteiger partial charge in [-0.3, -0.25) is 4.68 Å². The fraction of sp³-hybridized carbons (Fsp3) is 0.478. The van der Waals surface area contributed by atoms with Crippen LogP contribution in [0, 0.1) is 19.3 Å². The fourth-order valence-electron chi connectivity index (χ4n) is 4.47. The third-order valence-corrected chi connectivity index (χ3v) is 6.07. The van der Waals surface area contributed by atoms with E-state index in [9.17, 15) is 0 Å². The molecule has 3 aromatic rings. The Morgan fingerprint density at radius 3 is 2.77 bits per heavy atom. The molecule has 0 unspecified atom stereocenters. The second kappa shape index (κ2) is 9.32. The zero-order valence-corrected chi connectivity index (χ0v) is 18.7. The van der Waals surface area contributed by atoms with E-state index in [4.69, 9.17) is 10.5 Å². The van der Waals surface area contributed by atoms with Gasteiger partial charge in [0.25, 0.3) is 0 Å². The van der Waals surface area contributed by atoms with Crippen molar-refractivity contribution in [3.05, 3.63) is 53.0 Å². The highest BCUT2D eigenvalue weighted by Crippen LogP contribution is 2.31. The number of aromatic nitrogens is 5. The summed E-state index contributed by atoms with van der Waals surface area (Å²) in [5.41, 5.74) is 6.71. The van der Waals surface area contributed by atoms with Crippen LogP contribution in [0.15, 0.2) is 24.8 Å². The molecule has 0 saturated carbocycles. The van der Waals surface area contributed by atoms with Crippen molar-refractivity contribution in [2.45, 2.75) is 59.2 Å². The van der Waals surface area contributed by atoms with Crippen LogP contribution < -0.4 is 10.2 Å². The van der Waals surface area contributed by atoms with Crippen molar-refractivity contribution in [1.82, 2.24) is 24.3 Å². The van der Waals surface area contributed by atoms with Gasteiger partial charge in [-0.25, -0.2) is 9.97 Å².